The molecule has 1 saturated heterocycles. The summed E-state index contributed by atoms with van der Waals surface area (Å²) in [5.74, 6) is -1.56. The Labute approximate surface area is 74.1 Å². The lowest BCUT2D eigenvalue weighted by Crippen LogP contribution is -2.52. The Morgan fingerprint density at radius 2 is 2.23 bits per heavy atom. The van der Waals surface area contributed by atoms with Gasteiger partial charge in [0, 0.05) is 6.92 Å². The summed E-state index contributed by atoms with van der Waals surface area (Å²) >= 11 is 0. The maximum Gasteiger partial charge on any atom is 0.339 e. The lowest BCUT2D eigenvalue weighted by atomic mass is 10.1. The number of rotatable bonds is 1. The van der Waals surface area contributed by atoms with Crippen LogP contribution in [0.25, 0.3) is 0 Å². The van der Waals surface area contributed by atoms with Crippen LogP contribution in [0.5, 0.6) is 0 Å². The highest BCUT2D eigenvalue weighted by atomic mass is 16.6. The number of carbonyl (C=O) groups is 2. The first kappa shape index (κ1) is 9.94. The number of carbonyl (C=O) groups excluding carboxylic acids is 2. The van der Waals surface area contributed by atoms with Crippen LogP contribution in [0.1, 0.15) is 6.92 Å². The molecule has 0 aromatic carbocycles. The number of cyclic esters (lactones) is 1. The highest BCUT2D eigenvalue weighted by Gasteiger charge is 2.40. The fraction of sp³-hybridized carbons (Fsp3) is 0.714. The number of ether oxygens (including phenoxy) is 2. The molecule has 0 radical (unpaired) electrons. The Morgan fingerprint density at radius 3 is 2.77 bits per heavy atom. The molecule has 0 bridgehead atoms. The quantitative estimate of drug-likeness (QED) is 0.474. The number of esters is 2. The van der Waals surface area contributed by atoms with E-state index in [1.54, 1.807) is 0 Å². The Kier molecular flexibility index (Phi) is 2.84. The van der Waals surface area contributed by atoms with Crippen molar-refractivity contribution in [3.8, 4) is 0 Å². The van der Waals surface area contributed by atoms with Crippen LogP contribution in [-0.2, 0) is 19.1 Å². The Hall–Kier alpha value is -1.14. The molecule has 0 amide bonds. The van der Waals surface area contributed by atoms with Gasteiger partial charge >= 0.3 is 11.9 Å². The van der Waals surface area contributed by atoms with E-state index in [0.29, 0.717) is 0 Å². The molecule has 1 rings (SSSR count). The summed E-state index contributed by atoms with van der Waals surface area (Å²) < 4.78 is 8.93. The van der Waals surface area contributed by atoms with Gasteiger partial charge in [0.25, 0.3) is 0 Å². The standard InChI is InChI=1S/C7H10O6/c1-3(8)13-6-4(9)2-12-7(11)5(6)10/h4-6,9-10H,2H2,1H3/t4-,5-,6-/m1/s1. The summed E-state index contributed by atoms with van der Waals surface area (Å²) in [5.41, 5.74) is 0. The van der Waals surface area contributed by atoms with Gasteiger partial charge in [-0.15, -0.1) is 0 Å². The smallest absolute Gasteiger partial charge is 0.339 e. The molecule has 6 heteroatoms. The molecule has 2 N–H and O–H groups in total. The van der Waals surface area contributed by atoms with Crippen molar-refractivity contribution in [2.24, 2.45) is 0 Å². The third-order valence-electron chi connectivity index (χ3n) is 1.63. The summed E-state index contributed by atoms with van der Waals surface area (Å²) in [4.78, 5) is 21.3. The summed E-state index contributed by atoms with van der Waals surface area (Å²) in [6.07, 6.45) is -4.00. The zero-order chi connectivity index (χ0) is 10.0. The summed E-state index contributed by atoms with van der Waals surface area (Å²) in [7, 11) is 0. The summed E-state index contributed by atoms with van der Waals surface area (Å²) in [5, 5.41) is 18.3. The van der Waals surface area contributed by atoms with Crippen molar-refractivity contribution in [2.75, 3.05) is 6.61 Å². The van der Waals surface area contributed by atoms with Gasteiger partial charge in [-0.1, -0.05) is 0 Å². The van der Waals surface area contributed by atoms with Gasteiger partial charge in [0.2, 0.25) is 0 Å². The minimum atomic E-state index is -1.60. The molecule has 0 saturated carbocycles. The van der Waals surface area contributed by atoms with Crippen molar-refractivity contribution in [3.63, 3.8) is 0 Å². The molecule has 1 aliphatic heterocycles. The van der Waals surface area contributed by atoms with E-state index >= 15 is 0 Å². The van der Waals surface area contributed by atoms with Crippen molar-refractivity contribution in [2.45, 2.75) is 25.2 Å². The molecule has 1 aliphatic rings. The molecule has 13 heavy (non-hydrogen) atoms. The topological polar surface area (TPSA) is 93.1 Å². The van der Waals surface area contributed by atoms with E-state index in [4.69, 9.17) is 5.11 Å². The average Bonchev–Trinajstić information content (AvgIpc) is 2.05. The number of aliphatic hydroxyl groups excluding tert-OH is 2. The van der Waals surface area contributed by atoms with Crippen LogP contribution in [-0.4, -0.2) is 47.1 Å². The normalized spacial score (nSPS) is 33.8. The average molecular weight is 190 g/mol. The molecule has 0 spiro atoms. The highest BCUT2D eigenvalue weighted by molar-refractivity contribution is 5.77. The van der Waals surface area contributed by atoms with Gasteiger partial charge in [-0.05, 0) is 0 Å². The van der Waals surface area contributed by atoms with Crippen molar-refractivity contribution in [1.82, 2.24) is 0 Å². The second-order valence-corrected chi connectivity index (χ2v) is 2.72. The van der Waals surface area contributed by atoms with Crippen molar-refractivity contribution < 1.29 is 29.3 Å². The largest absolute Gasteiger partial charge is 0.461 e. The first-order valence-electron chi connectivity index (χ1n) is 3.72. The second kappa shape index (κ2) is 3.71. The molecular formula is C7H10O6. The number of hydrogen-bond donors (Lipinski definition) is 2. The minimum absolute atomic E-state index is 0.270. The monoisotopic (exact) mass is 190 g/mol. The highest BCUT2D eigenvalue weighted by Crippen LogP contribution is 2.13. The fourth-order valence-corrected chi connectivity index (χ4v) is 1.03. The summed E-state index contributed by atoms with van der Waals surface area (Å²) in [6.45, 7) is 0.854. The van der Waals surface area contributed by atoms with Gasteiger partial charge in [0.15, 0.2) is 12.2 Å². The van der Waals surface area contributed by atoms with Gasteiger partial charge in [-0.3, -0.25) is 4.79 Å². The van der Waals surface area contributed by atoms with E-state index in [1.165, 1.54) is 0 Å². The van der Waals surface area contributed by atoms with Gasteiger partial charge in [0.05, 0.1) is 0 Å². The van der Waals surface area contributed by atoms with Crippen LogP contribution in [0.3, 0.4) is 0 Å². The molecule has 1 heterocycles. The van der Waals surface area contributed by atoms with E-state index in [9.17, 15) is 14.7 Å². The first-order valence-corrected chi connectivity index (χ1v) is 3.72. The zero-order valence-corrected chi connectivity index (χ0v) is 6.97. The number of aliphatic hydroxyl groups is 2. The molecule has 6 nitrogen and oxygen atoms in total. The van der Waals surface area contributed by atoms with E-state index in [2.05, 4.69) is 9.47 Å². The van der Waals surface area contributed by atoms with Crippen LogP contribution >= 0.6 is 0 Å². The zero-order valence-electron chi connectivity index (χ0n) is 6.97. The molecule has 0 aromatic rings. The SMILES string of the molecule is CC(=O)O[C@@H]1[C@H](O)COC(=O)[C@@H]1O. The molecule has 0 unspecified atom stereocenters. The van der Waals surface area contributed by atoms with Crippen molar-refractivity contribution in [3.05, 3.63) is 0 Å². The van der Waals surface area contributed by atoms with Crippen LogP contribution in [0.15, 0.2) is 0 Å². The van der Waals surface area contributed by atoms with Crippen LogP contribution in [0, 0.1) is 0 Å². The van der Waals surface area contributed by atoms with E-state index in [0.717, 1.165) is 6.92 Å². The fourth-order valence-electron chi connectivity index (χ4n) is 1.03. The van der Waals surface area contributed by atoms with Crippen molar-refractivity contribution in [1.29, 1.82) is 0 Å². The van der Waals surface area contributed by atoms with Gasteiger partial charge < -0.3 is 19.7 Å². The second-order valence-electron chi connectivity index (χ2n) is 2.72. The molecule has 1 fully saturated rings. The van der Waals surface area contributed by atoms with Gasteiger partial charge in [-0.2, -0.15) is 0 Å². The maximum atomic E-state index is 10.8. The Bertz CT molecular complexity index is 225. The molecule has 0 aromatic heterocycles. The predicted molar refractivity (Wildman–Crippen MR) is 38.5 cm³/mol. The van der Waals surface area contributed by atoms with Gasteiger partial charge in [0.1, 0.15) is 12.7 Å². The van der Waals surface area contributed by atoms with Crippen LogP contribution < -0.4 is 0 Å². The minimum Gasteiger partial charge on any atom is -0.461 e. The number of hydrogen-bond acceptors (Lipinski definition) is 6. The Morgan fingerprint density at radius 1 is 1.62 bits per heavy atom. The van der Waals surface area contributed by atoms with E-state index in [1.807, 2.05) is 0 Å². The molecule has 74 valence electrons. The summed E-state index contributed by atoms with van der Waals surface area (Å²) in [6, 6.07) is 0. The van der Waals surface area contributed by atoms with E-state index in [-0.39, 0.29) is 6.61 Å². The maximum absolute atomic E-state index is 10.8. The third kappa shape index (κ3) is 2.16. The van der Waals surface area contributed by atoms with Crippen molar-refractivity contribution >= 4 is 11.9 Å². The van der Waals surface area contributed by atoms with Gasteiger partial charge in [-0.25, -0.2) is 4.79 Å². The molecule has 0 aliphatic carbocycles. The first-order chi connectivity index (χ1) is 6.02. The molecule has 3 atom stereocenters. The van der Waals surface area contributed by atoms with Crippen LogP contribution in [0.2, 0.25) is 0 Å². The lowest BCUT2D eigenvalue weighted by Gasteiger charge is -2.29. The predicted octanol–water partition coefficient (Wildman–Crippen LogP) is -1.80. The Balaban J connectivity index is 2.66. The molecular weight excluding hydrogens is 180 g/mol. The third-order valence-corrected chi connectivity index (χ3v) is 1.63. The lowest BCUT2D eigenvalue weighted by molar-refractivity contribution is -0.196. The van der Waals surface area contributed by atoms with E-state index < -0.39 is 30.3 Å². The van der Waals surface area contributed by atoms with Crippen LogP contribution in [0.4, 0.5) is 0 Å².